The number of hydrogen-bond donors (Lipinski definition) is 3. The predicted molar refractivity (Wildman–Crippen MR) is 71.2 cm³/mol. The summed E-state index contributed by atoms with van der Waals surface area (Å²) in [5.74, 6) is 0. The molecule has 1 fully saturated rings. The lowest BCUT2D eigenvalue weighted by molar-refractivity contribution is 0.370. The molecule has 5 heteroatoms. The van der Waals surface area contributed by atoms with Crippen LogP contribution in [0.2, 0.25) is 0 Å². The lowest BCUT2D eigenvalue weighted by atomic mass is 10.1. The summed E-state index contributed by atoms with van der Waals surface area (Å²) in [5.41, 5.74) is 4.09. The fraction of sp³-hybridized carbons (Fsp3) is 0.667. The minimum absolute atomic E-state index is 0.467. The average molecular weight is 257 g/mol. The molecule has 1 atom stereocenters. The highest BCUT2D eigenvalue weighted by Crippen LogP contribution is 2.17. The van der Waals surface area contributed by atoms with Crippen molar-refractivity contribution in [2.24, 2.45) is 0 Å². The molecule has 0 aromatic rings. The first kappa shape index (κ1) is 12.6. The third-order valence-electron chi connectivity index (χ3n) is 3.13. The quantitative estimate of drug-likeness (QED) is 0.700. The van der Waals surface area contributed by atoms with Crippen molar-refractivity contribution in [2.75, 3.05) is 20.1 Å². The molecule has 17 heavy (non-hydrogen) atoms. The maximum absolute atomic E-state index is 6.20. The first-order valence-electron chi connectivity index (χ1n) is 6.30. The number of halogens is 1. The van der Waals surface area contributed by atoms with Gasteiger partial charge in [-0.1, -0.05) is 24.4 Å². The van der Waals surface area contributed by atoms with E-state index in [-0.39, 0.29) is 0 Å². The second-order valence-electron chi connectivity index (χ2n) is 4.67. The maximum Gasteiger partial charge on any atom is 0.0831 e. The topological polar surface area (TPSA) is 39.3 Å². The van der Waals surface area contributed by atoms with Crippen LogP contribution in [-0.4, -0.2) is 31.2 Å². The van der Waals surface area contributed by atoms with Gasteiger partial charge in [-0.2, -0.15) is 0 Å². The minimum atomic E-state index is 0.467. The van der Waals surface area contributed by atoms with E-state index in [1.165, 1.54) is 25.7 Å². The van der Waals surface area contributed by atoms with Gasteiger partial charge in [0.1, 0.15) is 0 Å². The standard InChI is InChI=1S/C12H21ClN4/c1-17-9-11(13)12(8-15-17)16-10-5-3-2-4-6-14-7-10/h8-10,14-16H,2-7H2,1H3. The van der Waals surface area contributed by atoms with E-state index in [4.69, 9.17) is 11.6 Å². The van der Waals surface area contributed by atoms with E-state index in [1.54, 1.807) is 0 Å². The van der Waals surface area contributed by atoms with Crippen molar-refractivity contribution in [3.05, 3.63) is 23.1 Å². The zero-order valence-corrected chi connectivity index (χ0v) is 11.1. The number of rotatable bonds is 2. The van der Waals surface area contributed by atoms with Crippen molar-refractivity contribution in [2.45, 2.75) is 31.7 Å². The Hall–Kier alpha value is -0.870. The van der Waals surface area contributed by atoms with Gasteiger partial charge in [-0.3, -0.25) is 5.01 Å². The molecule has 2 heterocycles. The smallest absolute Gasteiger partial charge is 0.0831 e. The molecule has 0 bridgehead atoms. The highest BCUT2D eigenvalue weighted by atomic mass is 35.5. The third kappa shape index (κ3) is 3.82. The van der Waals surface area contributed by atoms with Gasteiger partial charge in [0, 0.05) is 32.0 Å². The number of nitrogens with one attached hydrogen (secondary N) is 3. The molecule has 3 N–H and O–H groups in total. The number of hydrogen-bond acceptors (Lipinski definition) is 4. The van der Waals surface area contributed by atoms with Crippen LogP contribution in [0.1, 0.15) is 25.7 Å². The van der Waals surface area contributed by atoms with Crippen molar-refractivity contribution in [1.82, 2.24) is 21.1 Å². The molecule has 2 aliphatic rings. The summed E-state index contributed by atoms with van der Waals surface area (Å²) < 4.78 is 0. The Morgan fingerprint density at radius 1 is 1.41 bits per heavy atom. The minimum Gasteiger partial charge on any atom is -0.379 e. The molecule has 96 valence electrons. The predicted octanol–water partition coefficient (Wildman–Crippen LogP) is 1.48. The molecule has 0 amide bonds. The molecule has 0 saturated carbocycles. The van der Waals surface area contributed by atoms with Gasteiger partial charge in [-0.05, 0) is 19.4 Å². The molecular formula is C12H21ClN4. The molecule has 0 aromatic carbocycles. The summed E-state index contributed by atoms with van der Waals surface area (Å²) in [5, 5.41) is 9.57. The number of hydrazine groups is 1. The van der Waals surface area contributed by atoms with E-state index in [0.29, 0.717) is 6.04 Å². The summed E-state index contributed by atoms with van der Waals surface area (Å²) in [6, 6.07) is 0.467. The van der Waals surface area contributed by atoms with Gasteiger partial charge in [-0.15, -0.1) is 0 Å². The van der Waals surface area contributed by atoms with Gasteiger partial charge in [0.2, 0.25) is 0 Å². The van der Waals surface area contributed by atoms with Gasteiger partial charge < -0.3 is 16.1 Å². The van der Waals surface area contributed by atoms with Crippen LogP contribution < -0.4 is 16.1 Å². The number of allylic oxidation sites excluding steroid dienone is 1. The molecule has 2 aliphatic heterocycles. The maximum atomic E-state index is 6.20. The Morgan fingerprint density at radius 2 is 2.29 bits per heavy atom. The van der Waals surface area contributed by atoms with Crippen LogP contribution in [0.3, 0.4) is 0 Å². The normalized spacial score (nSPS) is 26.2. The molecule has 4 nitrogen and oxygen atoms in total. The van der Waals surface area contributed by atoms with E-state index >= 15 is 0 Å². The van der Waals surface area contributed by atoms with Crippen molar-refractivity contribution in [3.8, 4) is 0 Å². The zero-order valence-electron chi connectivity index (χ0n) is 10.3. The van der Waals surface area contributed by atoms with Crippen molar-refractivity contribution < 1.29 is 0 Å². The highest BCUT2D eigenvalue weighted by Gasteiger charge is 2.15. The lowest BCUT2D eigenvalue weighted by Crippen LogP contribution is -2.41. The summed E-state index contributed by atoms with van der Waals surface area (Å²) in [7, 11) is 1.92. The van der Waals surface area contributed by atoms with E-state index in [0.717, 1.165) is 23.8 Å². The molecule has 1 unspecified atom stereocenters. The zero-order chi connectivity index (χ0) is 12.1. The van der Waals surface area contributed by atoms with Gasteiger partial charge in [0.05, 0.1) is 10.7 Å². The highest BCUT2D eigenvalue weighted by molar-refractivity contribution is 6.31. The van der Waals surface area contributed by atoms with Crippen molar-refractivity contribution in [3.63, 3.8) is 0 Å². The SMILES string of the molecule is CN1C=C(Cl)C(NC2CCCCCNC2)=CN1. The monoisotopic (exact) mass is 256 g/mol. The molecule has 2 rings (SSSR count). The fourth-order valence-electron chi connectivity index (χ4n) is 2.16. The Balaban J connectivity index is 1.89. The summed E-state index contributed by atoms with van der Waals surface area (Å²) >= 11 is 6.20. The molecule has 0 aromatic heterocycles. The van der Waals surface area contributed by atoms with Gasteiger partial charge >= 0.3 is 0 Å². The van der Waals surface area contributed by atoms with Crippen molar-refractivity contribution >= 4 is 11.6 Å². The second kappa shape index (κ2) is 6.17. The van der Waals surface area contributed by atoms with Crippen LogP contribution in [-0.2, 0) is 0 Å². The van der Waals surface area contributed by atoms with Crippen LogP contribution in [0.4, 0.5) is 0 Å². The Labute approximate surface area is 108 Å². The van der Waals surface area contributed by atoms with E-state index < -0.39 is 0 Å². The largest absolute Gasteiger partial charge is 0.379 e. The van der Waals surface area contributed by atoms with Crippen LogP contribution in [0.5, 0.6) is 0 Å². The van der Waals surface area contributed by atoms with Crippen LogP contribution in [0.25, 0.3) is 0 Å². The first-order valence-corrected chi connectivity index (χ1v) is 6.67. The first-order chi connectivity index (χ1) is 8.25. The van der Waals surface area contributed by atoms with Crippen molar-refractivity contribution in [1.29, 1.82) is 0 Å². The van der Waals surface area contributed by atoms with Crippen LogP contribution in [0.15, 0.2) is 23.1 Å². The third-order valence-corrected chi connectivity index (χ3v) is 3.43. The second-order valence-corrected chi connectivity index (χ2v) is 5.08. The van der Waals surface area contributed by atoms with Crippen LogP contribution in [0, 0.1) is 0 Å². The molecule has 0 aliphatic carbocycles. The lowest BCUT2D eigenvalue weighted by Gasteiger charge is -2.27. The molecular weight excluding hydrogens is 236 g/mol. The summed E-state index contributed by atoms with van der Waals surface area (Å²) in [6.45, 7) is 2.14. The van der Waals surface area contributed by atoms with Gasteiger partial charge in [0.25, 0.3) is 0 Å². The van der Waals surface area contributed by atoms with Crippen LogP contribution >= 0.6 is 11.6 Å². The molecule has 0 radical (unpaired) electrons. The van der Waals surface area contributed by atoms with E-state index in [2.05, 4.69) is 16.1 Å². The van der Waals surface area contributed by atoms with Gasteiger partial charge in [-0.25, -0.2) is 0 Å². The summed E-state index contributed by atoms with van der Waals surface area (Å²) in [6.07, 6.45) is 8.89. The fourth-order valence-corrected chi connectivity index (χ4v) is 2.42. The molecule has 1 saturated heterocycles. The Morgan fingerprint density at radius 3 is 3.12 bits per heavy atom. The Bertz CT molecular complexity index is 306. The Kier molecular flexibility index (Phi) is 4.57. The van der Waals surface area contributed by atoms with Gasteiger partial charge in [0.15, 0.2) is 0 Å². The van der Waals surface area contributed by atoms with E-state index in [1.807, 2.05) is 24.5 Å². The summed E-state index contributed by atoms with van der Waals surface area (Å²) in [4.78, 5) is 0. The molecule has 0 spiro atoms. The van der Waals surface area contributed by atoms with E-state index in [9.17, 15) is 0 Å². The number of nitrogens with zero attached hydrogens (tertiary/aromatic N) is 1. The average Bonchev–Trinajstić information content (AvgIpc) is 2.25.